The van der Waals surface area contributed by atoms with Crippen molar-refractivity contribution in [1.29, 1.82) is 5.26 Å². The van der Waals surface area contributed by atoms with Crippen LogP contribution in [0.15, 0.2) is 42.5 Å². The quantitative estimate of drug-likeness (QED) is 0.725. The summed E-state index contributed by atoms with van der Waals surface area (Å²) in [5.41, 5.74) is 5.17. The Kier molecular flexibility index (Phi) is 7.43. The molecule has 1 amide bonds. The molecule has 0 aromatic heterocycles. The van der Waals surface area contributed by atoms with Crippen molar-refractivity contribution in [2.75, 3.05) is 13.1 Å². The second-order valence-corrected chi connectivity index (χ2v) is 7.91. The molecule has 0 radical (unpaired) electrons. The molecule has 1 aliphatic carbocycles. The van der Waals surface area contributed by atoms with Gasteiger partial charge in [0.1, 0.15) is 0 Å². The maximum absolute atomic E-state index is 12.4. The zero-order chi connectivity index (χ0) is 20.6. The van der Waals surface area contributed by atoms with Crippen LogP contribution in [-0.4, -0.2) is 29.9 Å². The summed E-state index contributed by atoms with van der Waals surface area (Å²) in [4.78, 5) is 15.0. The number of nitrogens with zero attached hydrogens (tertiary/aromatic N) is 2. The minimum Gasteiger partial charge on any atom is -0.348 e. The van der Waals surface area contributed by atoms with Crippen LogP contribution in [-0.2, 0) is 19.4 Å². The Morgan fingerprint density at radius 2 is 1.83 bits per heavy atom. The van der Waals surface area contributed by atoms with Crippen LogP contribution in [0.25, 0.3) is 0 Å². The summed E-state index contributed by atoms with van der Waals surface area (Å²) in [7, 11) is 0. The van der Waals surface area contributed by atoms with Crippen LogP contribution in [0.3, 0.4) is 0 Å². The largest absolute Gasteiger partial charge is 0.348 e. The van der Waals surface area contributed by atoms with Gasteiger partial charge in [-0.15, -0.1) is 0 Å². The van der Waals surface area contributed by atoms with Crippen LogP contribution in [0.5, 0.6) is 0 Å². The van der Waals surface area contributed by atoms with Crippen LogP contribution in [0.1, 0.15) is 65.7 Å². The number of benzene rings is 2. The molecule has 0 bridgehead atoms. The number of nitrogens with one attached hydrogen (secondary N) is 1. The second-order valence-electron chi connectivity index (χ2n) is 7.91. The van der Waals surface area contributed by atoms with Crippen molar-refractivity contribution in [3.63, 3.8) is 0 Å². The van der Waals surface area contributed by atoms with Gasteiger partial charge >= 0.3 is 0 Å². The number of nitriles is 1. The van der Waals surface area contributed by atoms with Gasteiger partial charge in [0, 0.05) is 18.2 Å². The highest BCUT2D eigenvalue weighted by Gasteiger charge is 2.23. The zero-order valence-electron chi connectivity index (χ0n) is 17.6. The Bertz CT molecular complexity index is 861. The van der Waals surface area contributed by atoms with Gasteiger partial charge in [0.2, 0.25) is 0 Å². The highest BCUT2D eigenvalue weighted by molar-refractivity contribution is 5.94. The summed E-state index contributed by atoms with van der Waals surface area (Å²) in [5.74, 6) is -0.109. The molecular weight excluding hydrogens is 358 g/mol. The van der Waals surface area contributed by atoms with Crippen LogP contribution < -0.4 is 5.32 Å². The predicted molar refractivity (Wildman–Crippen MR) is 117 cm³/mol. The lowest BCUT2D eigenvalue weighted by Crippen LogP contribution is -2.40. The minimum atomic E-state index is -0.109. The van der Waals surface area contributed by atoms with Gasteiger partial charge in [-0.3, -0.25) is 4.79 Å². The average molecular weight is 390 g/mol. The third-order valence-corrected chi connectivity index (χ3v) is 5.74. The first kappa shape index (κ1) is 21.1. The first-order valence-corrected chi connectivity index (χ1v) is 10.8. The number of amides is 1. The van der Waals surface area contributed by atoms with Crippen LogP contribution in [0.2, 0.25) is 0 Å². The van der Waals surface area contributed by atoms with E-state index in [0.29, 0.717) is 23.7 Å². The number of fused-ring (bicyclic) bond motifs is 1. The molecule has 2 aromatic carbocycles. The Labute approximate surface area is 174 Å². The normalized spacial score (nSPS) is 15.6. The second kappa shape index (κ2) is 10.2. The molecule has 0 saturated heterocycles. The number of rotatable bonds is 8. The highest BCUT2D eigenvalue weighted by Crippen LogP contribution is 2.26. The molecule has 3 rings (SSSR count). The summed E-state index contributed by atoms with van der Waals surface area (Å²) in [6.07, 6.45) is 5.88. The molecule has 0 spiro atoms. The van der Waals surface area contributed by atoms with Crippen molar-refractivity contribution < 1.29 is 4.79 Å². The van der Waals surface area contributed by atoms with Crippen molar-refractivity contribution in [2.45, 2.75) is 58.5 Å². The van der Waals surface area contributed by atoms with E-state index in [4.69, 9.17) is 5.26 Å². The molecule has 29 heavy (non-hydrogen) atoms. The molecule has 0 aliphatic heterocycles. The highest BCUT2D eigenvalue weighted by atomic mass is 16.1. The van der Waals surface area contributed by atoms with Gasteiger partial charge in [-0.05, 0) is 86.1 Å². The van der Waals surface area contributed by atoms with E-state index in [1.54, 1.807) is 24.3 Å². The third-order valence-electron chi connectivity index (χ3n) is 5.74. The molecule has 2 aromatic rings. The molecule has 1 aliphatic rings. The first-order valence-electron chi connectivity index (χ1n) is 10.8. The monoisotopic (exact) mass is 389 g/mol. The number of carbonyl (C=O) groups is 1. The lowest BCUT2D eigenvalue weighted by Gasteiger charge is -2.35. The first-order chi connectivity index (χ1) is 14.1. The summed E-state index contributed by atoms with van der Waals surface area (Å²) in [5, 5.41) is 11.9. The Morgan fingerprint density at radius 1 is 1.10 bits per heavy atom. The van der Waals surface area contributed by atoms with Crippen molar-refractivity contribution >= 4 is 5.91 Å². The van der Waals surface area contributed by atoms with Crippen LogP contribution in [0.4, 0.5) is 0 Å². The molecule has 0 saturated carbocycles. The minimum absolute atomic E-state index is 0.109. The number of hydrogen-bond acceptors (Lipinski definition) is 3. The van der Waals surface area contributed by atoms with Crippen molar-refractivity contribution in [3.8, 4) is 6.07 Å². The number of aryl methyl sites for hydroxylation is 1. The lowest BCUT2D eigenvalue weighted by molar-refractivity contribution is 0.0951. The molecule has 1 atom stereocenters. The Balaban J connectivity index is 1.63. The van der Waals surface area contributed by atoms with E-state index in [1.165, 1.54) is 43.5 Å². The van der Waals surface area contributed by atoms with Crippen LogP contribution in [0, 0.1) is 11.3 Å². The molecule has 4 heteroatoms. The summed E-state index contributed by atoms with van der Waals surface area (Å²) in [6.45, 7) is 7.38. The van der Waals surface area contributed by atoms with Gasteiger partial charge in [-0.1, -0.05) is 32.0 Å². The fraction of sp³-hybridized carbons (Fsp3) is 0.440. The molecule has 1 unspecified atom stereocenters. The Morgan fingerprint density at radius 3 is 2.48 bits per heavy atom. The van der Waals surface area contributed by atoms with Gasteiger partial charge in [0.05, 0.1) is 11.6 Å². The third kappa shape index (κ3) is 5.46. The SMILES string of the molecule is CCCN(CCC)C1CCc2ccc(CNC(=O)c3ccc(C#N)cc3)cc2C1. The zero-order valence-corrected chi connectivity index (χ0v) is 17.6. The summed E-state index contributed by atoms with van der Waals surface area (Å²) >= 11 is 0. The summed E-state index contributed by atoms with van der Waals surface area (Å²) in [6, 6.07) is 16.1. The van der Waals surface area contributed by atoms with Gasteiger partial charge in [-0.2, -0.15) is 5.26 Å². The van der Waals surface area contributed by atoms with Gasteiger partial charge in [-0.25, -0.2) is 0 Å². The average Bonchev–Trinajstić information content (AvgIpc) is 2.76. The van der Waals surface area contributed by atoms with E-state index in [1.807, 2.05) is 0 Å². The van der Waals surface area contributed by atoms with E-state index >= 15 is 0 Å². The van der Waals surface area contributed by atoms with Crippen molar-refractivity contribution in [1.82, 2.24) is 10.2 Å². The molecule has 4 nitrogen and oxygen atoms in total. The van der Waals surface area contributed by atoms with Crippen molar-refractivity contribution in [3.05, 3.63) is 70.3 Å². The number of hydrogen-bond donors (Lipinski definition) is 1. The fourth-order valence-corrected chi connectivity index (χ4v) is 4.24. The lowest BCUT2D eigenvalue weighted by atomic mass is 9.86. The van der Waals surface area contributed by atoms with Gasteiger partial charge < -0.3 is 10.2 Å². The Hall–Kier alpha value is -2.64. The standard InChI is InChI=1S/C25H31N3O/c1-3-13-28(14-4-2)24-12-11-21-8-7-20(15-23(21)16-24)18-27-25(29)22-9-5-19(17-26)6-10-22/h5-10,15,24H,3-4,11-14,16,18H2,1-2H3,(H,27,29). The molecule has 152 valence electrons. The van der Waals surface area contributed by atoms with E-state index in [0.717, 1.165) is 18.4 Å². The molecule has 1 N–H and O–H groups in total. The smallest absolute Gasteiger partial charge is 0.251 e. The maximum Gasteiger partial charge on any atom is 0.251 e. The molecule has 0 heterocycles. The molecular formula is C25H31N3O. The van der Waals surface area contributed by atoms with Crippen LogP contribution >= 0.6 is 0 Å². The van der Waals surface area contributed by atoms with E-state index in [9.17, 15) is 4.79 Å². The maximum atomic E-state index is 12.4. The van der Waals surface area contributed by atoms with E-state index < -0.39 is 0 Å². The predicted octanol–water partition coefficient (Wildman–Crippen LogP) is 4.47. The van der Waals surface area contributed by atoms with Gasteiger partial charge in [0.15, 0.2) is 0 Å². The van der Waals surface area contributed by atoms with E-state index in [2.05, 4.69) is 48.3 Å². The molecule has 0 fully saturated rings. The van der Waals surface area contributed by atoms with Crippen molar-refractivity contribution in [2.24, 2.45) is 0 Å². The topological polar surface area (TPSA) is 56.1 Å². The fourth-order valence-electron chi connectivity index (χ4n) is 4.24. The number of carbonyl (C=O) groups excluding carboxylic acids is 1. The summed E-state index contributed by atoms with van der Waals surface area (Å²) < 4.78 is 0. The van der Waals surface area contributed by atoms with Gasteiger partial charge in [0.25, 0.3) is 5.91 Å². The van der Waals surface area contributed by atoms with E-state index in [-0.39, 0.29) is 5.91 Å².